The second kappa shape index (κ2) is 4.56. The molecule has 0 N–H and O–H groups in total. The Morgan fingerprint density at radius 2 is 2.50 bits per heavy atom. The predicted molar refractivity (Wildman–Crippen MR) is 36.7 cm³/mol. The van der Waals surface area contributed by atoms with Crippen molar-refractivity contribution in [3.05, 3.63) is 16.8 Å². The van der Waals surface area contributed by atoms with Crippen LogP contribution in [0.25, 0.3) is 0 Å². The molecule has 0 aromatic carbocycles. The first-order chi connectivity index (χ1) is 4.29. The van der Waals surface area contributed by atoms with E-state index in [2.05, 4.69) is 0 Å². The Balaban J connectivity index is 0. The summed E-state index contributed by atoms with van der Waals surface area (Å²) in [6.07, 6.45) is 0. The van der Waals surface area contributed by atoms with Crippen LogP contribution in [0.1, 0.15) is 8.35 Å². The standard InChI is InChI=1S/C6H6O2S.Li.H/c1-5(7)8-6-2-3-9-4-6;;/h2-4H,1H3;;/q;+1;-1. The van der Waals surface area contributed by atoms with E-state index in [0.717, 1.165) is 0 Å². The molecule has 4 heteroatoms. The fraction of sp³-hybridized carbons (Fsp3) is 0.167. The molecule has 0 aliphatic heterocycles. The van der Waals surface area contributed by atoms with Crippen LogP contribution in [0.3, 0.4) is 0 Å². The first-order valence-corrected chi connectivity index (χ1v) is 3.44. The molecule has 0 saturated heterocycles. The number of carbonyl (C=O) groups excluding carboxylic acids is 1. The molecule has 0 aliphatic carbocycles. The summed E-state index contributed by atoms with van der Waals surface area (Å²) in [5.41, 5.74) is 0. The molecule has 0 radical (unpaired) electrons. The summed E-state index contributed by atoms with van der Waals surface area (Å²) < 4.78 is 4.73. The summed E-state index contributed by atoms with van der Waals surface area (Å²) in [4.78, 5) is 10.3. The topological polar surface area (TPSA) is 26.3 Å². The summed E-state index contributed by atoms with van der Waals surface area (Å²) >= 11 is 1.50. The maximum Gasteiger partial charge on any atom is 1.00 e. The third kappa shape index (κ3) is 3.07. The van der Waals surface area contributed by atoms with Gasteiger partial charge >= 0.3 is 24.8 Å². The Labute approximate surface area is 76.9 Å². The second-order valence-corrected chi connectivity index (χ2v) is 2.33. The molecule has 0 bridgehead atoms. The minimum Gasteiger partial charge on any atom is -1.00 e. The van der Waals surface area contributed by atoms with Gasteiger partial charge in [-0.15, -0.1) is 11.3 Å². The molecule has 1 heterocycles. The van der Waals surface area contributed by atoms with Crippen molar-refractivity contribution >= 4 is 17.3 Å². The smallest absolute Gasteiger partial charge is 1.00 e. The number of esters is 1. The monoisotopic (exact) mass is 150 g/mol. The zero-order chi connectivity index (χ0) is 6.69. The van der Waals surface area contributed by atoms with Crippen LogP contribution in [0.2, 0.25) is 0 Å². The van der Waals surface area contributed by atoms with Gasteiger partial charge in [0.2, 0.25) is 0 Å². The van der Waals surface area contributed by atoms with Gasteiger partial charge in [-0.25, -0.2) is 0 Å². The van der Waals surface area contributed by atoms with Crippen molar-refractivity contribution in [2.24, 2.45) is 0 Å². The van der Waals surface area contributed by atoms with Crippen LogP contribution in [0.4, 0.5) is 0 Å². The van der Waals surface area contributed by atoms with Crippen molar-refractivity contribution in [2.45, 2.75) is 6.92 Å². The predicted octanol–water partition coefficient (Wildman–Crippen LogP) is -1.21. The average Bonchev–Trinajstić information content (AvgIpc) is 2.15. The summed E-state index contributed by atoms with van der Waals surface area (Å²) in [7, 11) is 0. The molecule has 0 saturated carbocycles. The minimum absolute atomic E-state index is 0. The zero-order valence-electron chi connectivity index (χ0n) is 6.96. The Hall–Kier alpha value is -0.233. The molecule has 0 aliphatic rings. The van der Waals surface area contributed by atoms with Gasteiger partial charge in [-0.2, -0.15) is 0 Å². The van der Waals surface area contributed by atoms with E-state index in [0.29, 0.717) is 5.75 Å². The van der Waals surface area contributed by atoms with Crippen molar-refractivity contribution in [3.8, 4) is 5.75 Å². The van der Waals surface area contributed by atoms with Gasteiger partial charge in [-0.1, -0.05) is 0 Å². The number of ether oxygens (including phenoxy) is 1. The van der Waals surface area contributed by atoms with E-state index in [4.69, 9.17) is 4.74 Å². The summed E-state index contributed by atoms with van der Waals surface area (Å²) in [6, 6.07) is 1.76. The molecule has 0 spiro atoms. The number of carbonyl (C=O) groups is 1. The van der Waals surface area contributed by atoms with E-state index >= 15 is 0 Å². The van der Waals surface area contributed by atoms with Crippen molar-refractivity contribution in [1.82, 2.24) is 0 Å². The molecule has 0 unspecified atom stereocenters. The van der Waals surface area contributed by atoms with Gasteiger partial charge in [0.1, 0.15) is 5.75 Å². The molecule has 1 rings (SSSR count). The maximum atomic E-state index is 10.3. The molecule has 50 valence electrons. The molecule has 2 nitrogen and oxygen atoms in total. The van der Waals surface area contributed by atoms with Gasteiger partial charge in [0.15, 0.2) is 0 Å². The molecule has 1 aromatic heterocycles. The van der Waals surface area contributed by atoms with Gasteiger partial charge in [0, 0.05) is 12.3 Å². The third-order valence-electron chi connectivity index (χ3n) is 0.757. The molecule has 0 atom stereocenters. The first kappa shape index (κ1) is 9.77. The molecule has 10 heavy (non-hydrogen) atoms. The van der Waals surface area contributed by atoms with Crippen molar-refractivity contribution in [2.75, 3.05) is 0 Å². The molecular weight excluding hydrogens is 143 g/mol. The minimum atomic E-state index is -0.270. The number of hydrogen-bond acceptors (Lipinski definition) is 3. The van der Waals surface area contributed by atoms with E-state index < -0.39 is 0 Å². The van der Waals surface area contributed by atoms with Crippen LogP contribution in [0, 0.1) is 0 Å². The van der Waals surface area contributed by atoms with E-state index in [1.807, 2.05) is 5.38 Å². The van der Waals surface area contributed by atoms with Crippen molar-refractivity contribution < 1.29 is 29.8 Å². The Kier molecular flexibility index (Phi) is 4.46. The Bertz CT molecular complexity index is 200. The van der Waals surface area contributed by atoms with Crippen LogP contribution in [0.15, 0.2) is 16.8 Å². The second-order valence-electron chi connectivity index (χ2n) is 1.55. The summed E-state index contributed by atoms with van der Waals surface area (Å²) in [6.45, 7) is 1.39. The summed E-state index contributed by atoms with van der Waals surface area (Å²) in [5, 5.41) is 3.64. The van der Waals surface area contributed by atoms with E-state index in [1.165, 1.54) is 18.3 Å². The van der Waals surface area contributed by atoms with Gasteiger partial charge in [-0.3, -0.25) is 4.79 Å². The van der Waals surface area contributed by atoms with Crippen LogP contribution in [-0.4, -0.2) is 5.97 Å². The van der Waals surface area contributed by atoms with Crippen LogP contribution < -0.4 is 23.6 Å². The molecule has 0 fully saturated rings. The average molecular weight is 150 g/mol. The molecular formula is C6H7LiO2S. The SMILES string of the molecule is CC(=O)Oc1ccsc1.[H-].[Li+]. The largest absolute Gasteiger partial charge is 1.00 e. The van der Waals surface area contributed by atoms with Gasteiger partial charge < -0.3 is 6.16 Å². The van der Waals surface area contributed by atoms with Gasteiger partial charge in [0.05, 0.1) is 0 Å². The van der Waals surface area contributed by atoms with Crippen molar-refractivity contribution in [3.63, 3.8) is 0 Å². The van der Waals surface area contributed by atoms with Gasteiger partial charge in [-0.05, 0) is 11.4 Å². The van der Waals surface area contributed by atoms with E-state index in [-0.39, 0.29) is 26.3 Å². The maximum absolute atomic E-state index is 10.3. The fourth-order valence-corrected chi connectivity index (χ4v) is 1.03. The number of rotatable bonds is 1. The van der Waals surface area contributed by atoms with Crippen LogP contribution in [-0.2, 0) is 4.79 Å². The summed E-state index contributed by atoms with van der Waals surface area (Å²) in [5.74, 6) is 0.362. The van der Waals surface area contributed by atoms with Gasteiger partial charge in [0.25, 0.3) is 0 Å². The third-order valence-corrected chi connectivity index (χ3v) is 1.42. The fourth-order valence-electron chi connectivity index (χ4n) is 0.476. The molecule has 1 aromatic rings. The Morgan fingerprint density at radius 3 is 2.90 bits per heavy atom. The molecule has 0 amide bonds. The van der Waals surface area contributed by atoms with Crippen LogP contribution in [0.5, 0.6) is 5.75 Å². The quantitative estimate of drug-likeness (QED) is 0.371. The number of hydrogen-bond donors (Lipinski definition) is 0. The van der Waals surface area contributed by atoms with E-state index in [1.54, 1.807) is 11.4 Å². The Morgan fingerprint density at radius 1 is 1.80 bits per heavy atom. The van der Waals surface area contributed by atoms with Crippen LogP contribution >= 0.6 is 11.3 Å². The first-order valence-electron chi connectivity index (χ1n) is 2.49. The number of thiophene rings is 1. The van der Waals surface area contributed by atoms with E-state index in [9.17, 15) is 4.79 Å². The normalized spacial score (nSPS) is 8.10. The zero-order valence-corrected chi connectivity index (χ0v) is 6.77. The van der Waals surface area contributed by atoms with Crippen molar-refractivity contribution in [1.29, 1.82) is 0 Å².